The summed E-state index contributed by atoms with van der Waals surface area (Å²) in [6, 6.07) is 1.69. The Kier molecular flexibility index (Phi) is 5.05. The number of halogens is 6. The van der Waals surface area contributed by atoms with Crippen LogP contribution < -0.4 is 5.32 Å². The second-order valence-electron chi connectivity index (χ2n) is 2.97. The Balaban J connectivity index is 2.53. The van der Waals surface area contributed by atoms with Gasteiger partial charge in [0.05, 0.1) is 5.69 Å². The van der Waals surface area contributed by atoms with E-state index < -0.39 is 17.1 Å². The van der Waals surface area contributed by atoms with Crippen LogP contribution >= 0.6 is 27.7 Å². The van der Waals surface area contributed by atoms with E-state index in [1.807, 2.05) is 0 Å². The van der Waals surface area contributed by atoms with E-state index in [2.05, 4.69) is 21.2 Å². The number of rotatable bonds is 4. The molecule has 0 aromatic heterocycles. The fraction of sp³-hybridized carbons (Fsp3) is 0.333. The zero-order valence-corrected chi connectivity index (χ0v) is 10.6. The average molecular weight is 336 g/mol. The van der Waals surface area contributed by atoms with Gasteiger partial charge in [-0.1, -0.05) is 0 Å². The van der Waals surface area contributed by atoms with Crippen molar-refractivity contribution in [1.82, 2.24) is 0 Å². The van der Waals surface area contributed by atoms with Gasteiger partial charge < -0.3 is 5.32 Å². The Hall–Kier alpha value is -0.500. The van der Waals surface area contributed by atoms with Crippen LogP contribution in [-0.2, 0) is 0 Å². The van der Waals surface area contributed by atoms with Gasteiger partial charge in [-0.25, -0.2) is 8.78 Å². The highest BCUT2D eigenvalue weighted by Gasteiger charge is 2.27. The van der Waals surface area contributed by atoms with Gasteiger partial charge in [0, 0.05) is 22.8 Å². The average Bonchev–Trinajstić information content (AvgIpc) is 2.13. The summed E-state index contributed by atoms with van der Waals surface area (Å²) in [6.45, 7) is -0.0780. The topological polar surface area (TPSA) is 12.0 Å². The summed E-state index contributed by atoms with van der Waals surface area (Å²) in [5, 5.41) is 2.47. The fourth-order valence-electron chi connectivity index (χ4n) is 1.05. The zero-order valence-electron chi connectivity index (χ0n) is 8.24. The Morgan fingerprint density at radius 2 is 1.88 bits per heavy atom. The molecule has 0 atom stereocenters. The van der Waals surface area contributed by atoms with Crippen LogP contribution in [0, 0.1) is 11.6 Å². The second kappa shape index (κ2) is 5.90. The number of nitrogens with one attached hydrogen (secondary N) is 1. The maximum Gasteiger partial charge on any atom is 0.441 e. The van der Waals surface area contributed by atoms with E-state index in [1.54, 1.807) is 0 Å². The Labute approximate surface area is 107 Å². The molecule has 1 N–H and O–H groups in total. The van der Waals surface area contributed by atoms with Crippen molar-refractivity contribution in [2.75, 3.05) is 17.6 Å². The van der Waals surface area contributed by atoms with Crippen molar-refractivity contribution >= 4 is 33.4 Å². The van der Waals surface area contributed by atoms with Gasteiger partial charge in [-0.3, -0.25) is 0 Å². The summed E-state index contributed by atoms with van der Waals surface area (Å²) in [7, 11) is 0. The lowest BCUT2D eigenvalue weighted by molar-refractivity contribution is -0.0327. The quantitative estimate of drug-likeness (QED) is 0.646. The minimum atomic E-state index is -4.31. The molecular weight excluding hydrogens is 329 g/mol. The first-order valence-electron chi connectivity index (χ1n) is 4.38. The number of hydrogen-bond donors (Lipinski definition) is 1. The van der Waals surface area contributed by atoms with E-state index in [1.165, 1.54) is 0 Å². The van der Waals surface area contributed by atoms with E-state index >= 15 is 0 Å². The van der Waals surface area contributed by atoms with E-state index in [-0.39, 0.29) is 34.2 Å². The zero-order chi connectivity index (χ0) is 13.1. The van der Waals surface area contributed by atoms with Crippen molar-refractivity contribution in [2.24, 2.45) is 0 Å². The fourth-order valence-corrected chi connectivity index (χ4v) is 2.04. The van der Waals surface area contributed by atoms with Gasteiger partial charge in [0.1, 0.15) is 11.6 Å². The molecule has 0 saturated carbocycles. The molecule has 0 amide bonds. The summed E-state index contributed by atoms with van der Waals surface area (Å²) >= 11 is 2.71. The minimum absolute atomic E-state index is 0.0471. The molecule has 8 heteroatoms. The van der Waals surface area contributed by atoms with Gasteiger partial charge in [-0.05, 0) is 33.8 Å². The van der Waals surface area contributed by atoms with E-state index in [9.17, 15) is 22.0 Å². The predicted octanol–water partition coefficient (Wildman–Crippen LogP) is 4.39. The van der Waals surface area contributed by atoms with Crippen molar-refractivity contribution in [2.45, 2.75) is 5.51 Å². The van der Waals surface area contributed by atoms with E-state index in [4.69, 9.17) is 0 Å². The summed E-state index contributed by atoms with van der Waals surface area (Å²) in [5.74, 6) is -1.87. The third-order valence-corrected chi connectivity index (χ3v) is 3.04. The molecule has 1 rings (SSSR count). The first-order valence-corrected chi connectivity index (χ1v) is 6.16. The summed E-state index contributed by atoms with van der Waals surface area (Å²) < 4.78 is 61.4. The highest BCUT2D eigenvalue weighted by atomic mass is 79.9. The van der Waals surface area contributed by atoms with Crippen LogP contribution in [0.2, 0.25) is 0 Å². The first-order chi connectivity index (χ1) is 7.79. The molecule has 17 heavy (non-hydrogen) atoms. The molecule has 0 saturated heterocycles. The Morgan fingerprint density at radius 3 is 2.41 bits per heavy atom. The van der Waals surface area contributed by atoms with Crippen molar-refractivity contribution < 1.29 is 22.0 Å². The molecule has 0 bridgehead atoms. The predicted molar refractivity (Wildman–Crippen MR) is 61.1 cm³/mol. The summed E-state index contributed by atoms with van der Waals surface area (Å²) in [4.78, 5) is 0. The standard InChI is InChI=1S/C9H7BrF5NS/c10-6-3-5(11)4-7(12)8(6)16-1-2-17-9(13,14)15/h3-4,16H,1-2H2. The molecule has 1 aromatic carbocycles. The normalized spacial score (nSPS) is 11.6. The van der Waals surface area contributed by atoms with Gasteiger partial charge in [0.15, 0.2) is 0 Å². The highest BCUT2D eigenvalue weighted by Crippen LogP contribution is 2.30. The van der Waals surface area contributed by atoms with Crippen LogP contribution in [0.4, 0.5) is 27.6 Å². The number of anilines is 1. The molecule has 1 aromatic rings. The number of benzene rings is 1. The van der Waals surface area contributed by atoms with Gasteiger partial charge in [-0.15, -0.1) is 0 Å². The highest BCUT2D eigenvalue weighted by molar-refractivity contribution is 9.10. The molecular formula is C9H7BrF5NS. The van der Waals surface area contributed by atoms with Crippen LogP contribution in [0.15, 0.2) is 16.6 Å². The van der Waals surface area contributed by atoms with Crippen LogP contribution in [0.1, 0.15) is 0 Å². The molecule has 0 unspecified atom stereocenters. The van der Waals surface area contributed by atoms with Crippen LogP contribution in [0.3, 0.4) is 0 Å². The summed E-state index contributed by atoms with van der Waals surface area (Å²) in [5.41, 5.74) is -4.35. The second-order valence-corrected chi connectivity index (χ2v) is 4.98. The summed E-state index contributed by atoms with van der Waals surface area (Å²) in [6.07, 6.45) is 0. The van der Waals surface area contributed by atoms with Crippen molar-refractivity contribution in [3.8, 4) is 0 Å². The van der Waals surface area contributed by atoms with Crippen LogP contribution in [-0.4, -0.2) is 17.8 Å². The van der Waals surface area contributed by atoms with Crippen molar-refractivity contribution in [3.63, 3.8) is 0 Å². The number of hydrogen-bond acceptors (Lipinski definition) is 2. The van der Waals surface area contributed by atoms with Gasteiger partial charge in [0.25, 0.3) is 0 Å². The molecule has 1 nitrogen and oxygen atoms in total. The molecule has 0 radical (unpaired) electrons. The van der Waals surface area contributed by atoms with E-state index in [0.29, 0.717) is 6.07 Å². The van der Waals surface area contributed by atoms with Crippen molar-refractivity contribution in [3.05, 3.63) is 28.2 Å². The monoisotopic (exact) mass is 335 g/mol. The first kappa shape index (κ1) is 14.6. The maximum atomic E-state index is 13.2. The van der Waals surface area contributed by atoms with E-state index in [0.717, 1.165) is 6.07 Å². The van der Waals surface area contributed by atoms with Gasteiger partial charge in [0.2, 0.25) is 0 Å². The SMILES string of the molecule is Fc1cc(F)c(NCCSC(F)(F)F)c(Br)c1. The maximum absolute atomic E-state index is 13.2. The smallest absolute Gasteiger partial charge is 0.381 e. The molecule has 0 fully saturated rings. The third kappa shape index (κ3) is 5.12. The number of alkyl halides is 3. The lowest BCUT2D eigenvalue weighted by atomic mass is 10.3. The lowest BCUT2D eigenvalue weighted by Crippen LogP contribution is -2.10. The van der Waals surface area contributed by atoms with Crippen LogP contribution in [0.5, 0.6) is 0 Å². The molecule has 0 heterocycles. The van der Waals surface area contributed by atoms with Crippen LogP contribution in [0.25, 0.3) is 0 Å². The number of thioether (sulfide) groups is 1. The molecule has 0 aliphatic carbocycles. The lowest BCUT2D eigenvalue weighted by Gasteiger charge is -2.10. The van der Waals surface area contributed by atoms with Gasteiger partial charge >= 0.3 is 5.51 Å². The van der Waals surface area contributed by atoms with Gasteiger partial charge in [-0.2, -0.15) is 13.2 Å². The third-order valence-electron chi connectivity index (χ3n) is 1.68. The molecule has 96 valence electrons. The molecule has 0 aliphatic rings. The van der Waals surface area contributed by atoms with Crippen molar-refractivity contribution in [1.29, 1.82) is 0 Å². The molecule has 0 aliphatic heterocycles. The minimum Gasteiger partial charge on any atom is -0.381 e. The Bertz CT molecular complexity index is 372. The Morgan fingerprint density at radius 1 is 1.24 bits per heavy atom. The molecule has 0 spiro atoms. The largest absolute Gasteiger partial charge is 0.441 e.